The first-order valence-electron chi connectivity index (χ1n) is 8.60. The van der Waals surface area contributed by atoms with E-state index < -0.39 is 17.3 Å². The van der Waals surface area contributed by atoms with Crippen molar-refractivity contribution in [3.63, 3.8) is 0 Å². The summed E-state index contributed by atoms with van der Waals surface area (Å²) in [5.41, 5.74) is 8.38. The van der Waals surface area contributed by atoms with Crippen LogP contribution in [0.4, 0.5) is 0 Å². The summed E-state index contributed by atoms with van der Waals surface area (Å²) in [5.74, 6) is 0.622. The minimum absolute atomic E-state index is 0.289. The number of hydrogen-bond donors (Lipinski definition) is 4. The van der Waals surface area contributed by atoms with Crippen molar-refractivity contribution in [3.05, 3.63) is 74.0 Å². The third-order valence-electron chi connectivity index (χ3n) is 4.45. The average molecular weight is 398 g/mol. The van der Waals surface area contributed by atoms with E-state index in [1.807, 2.05) is 30.5 Å². The number of hydrogen-bond acceptors (Lipinski definition) is 7. The van der Waals surface area contributed by atoms with Crippen LogP contribution in [0.2, 0.25) is 0 Å². The van der Waals surface area contributed by atoms with Crippen LogP contribution in [0, 0.1) is 6.92 Å². The second-order valence-electron chi connectivity index (χ2n) is 6.38. The molecule has 0 fully saturated rings. The van der Waals surface area contributed by atoms with Crippen LogP contribution in [0.1, 0.15) is 28.8 Å². The van der Waals surface area contributed by atoms with E-state index in [1.54, 1.807) is 6.92 Å². The number of aromatic amines is 3. The second kappa shape index (κ2) is 7.49. The topological polar surface area (TPSA) is 146 Å². The highest BCUT2D eigenvalue weighted by Crippen LogP contribution is 2.25. The van der Waals surface area contributed by atoms with Crippen molar-refractivity contribution >= 4 is 22.7 Å². The number of rotatable bonds is 6. The molecule has 4 aromatic rings. The van der Waals surface area contributed by atoms with Gasteiger partial charge in [0.25, 0.3) is 10.8 Å². The second-order valence-corrected chi connectivity index (χ2v) is 7.30. The number of thioether (sulfide) groups is 1. The van der Waals surface area contributed by atoms with E-state index in [9.17, 15) is 9.59 Å². The van der Waals surface area contributed by atoms with Gasteiger partial charge in [0.05, 0.1) is 6.04 Å². The van der Waals surface area contributed by atoms with E-state index in [4.69, 9.17) is 10.2 Å². The lowest BCUT2D eigenvalue weighted by Gasteiger charge is -2.06. The monoisotopic (exact) mass is 398 g/mol. The molecular weight excluding hydrogens is 380 g/mol. The Morgan fingerprint density at radius 3 is 2.86 bits per heavy atom. The largest absolute Gasteiger partial charge is 0.414 e. The molecule has 0 aliphatic heterocycles. The van der Waals surface area contributed by atoms with Gasteiger partial charge in [-0.1, -0.05) is 30.0 Å². The predicted octanol–water partition coefficient (Wildman–Crippen LogP) is 1.77. The van der Waals surface area contributed by atoms with Crippen LogP contribution in [0.25, 0.3) is 10.9 Å². The molecule has 0 radical (unpaired) electrons. The van der Waals surface area contributed by atoms with E-state index in [0.29, 0.717) is 28.8 Å². The summed E-state index contributed by atoms with van der Waals surface area (Å²) in [6.45, 7) is 1.67. The maximum Gasteiger partial charge on any atom is 0.325 e. The fraction of sp³-hybridized carbons (Fsp3) is 0.222. The molecule has 0 saturated heterocycles. The molecule has 28 heavy (non-hydrogen) atoms. The fourth-order valence-electron chi connectivity index (χ4n) is 2.99. The zero-order valence-electron chi connectivity index (χ0n) is 15.0. The lowest BCUT2D eigenvalue weighted by Crippen LogP contribution is -2.26. The molecule has 0 spiro atoms. The zero-order valence-corrected chi connectivity index (χ0v) is 15.8. The average Bonchev–Trinajstić information content (AvgIpc) is 3.28. The van der Waals surface area contributed by atoms with Crippen molar-refractivity contribution in [1.82, 2.24) is 25.1 Å². The normalized spacial score (nSPS) is 12.5. The molecule has 0 aliphatic carbocycles. The van der Waals surface area contributed by atoms with Gasteiger partial charge in [-0.25, -0.2) is 4.79 Å². The van der Waals surface area contributed by atoms with Gasteiger partial charge >= 0.3 is 5.69 Å². The Hall–Kier alpha value is -3.11. The molecule has 1 atom stereocenters. The van der Waals surface area contributed by atoms with Gasteiger partial charge in [0.1, 0.15) is 0 Å². The Morgan fingerprint density at radius 2 is 2.04 bits per heavy atom. The van der Waals surface area contributed by atoms with Gasteiger partial charge in [-0.05, 0) is 25.0 Å². The van der Waals surface area contributed by atoms with E-state index in [1.165, 1.54) is 11.8 Å². The first kappa shape index (κ1) is 18.3. The molecule has 10 heteroatoms. The van der Waals surface area contributed by atoms with Gasteiger partial charge in [0.15, 0.2) is 0 Å². The molecule has 1 aromatic carbocycles. The number of aromatic nitrogens is 5. The third kappa shape index (κ3) is 3.64. The highest BCUT2D eigenvalue weighted by atomic mass is 32.2. The Labute approximate surface area is 162 Å². The van der Waals surface area contributed by atoms with Crippen molar-refractivity contribution in [3.8, 4) is 0 Å². The van der Waals surface area contributed by atoms with Gasteiger partial charge in [0, 0.05) is 34.1 Å². The maximum atomic E-state index is 11.9. The number of nitrogens with one attached hydrogen (secondary N) is 3. The number of H-pyrrole nitrogens is 3. The summed E-state index contributed by atoms with van der Waals surface area (Å²) in [6, 6.07) is 7.55. The lowest BCUT2D eigenvalue weighted by atomic mass is 10.1. The molecule has 0 aliphatic rings. The van der Waals surface area contributed by atoms with E-state index in [-0.39, 0.29) is 5.75 Å². The Balaban J connectivity index is 1.45. The molecule has 9 nitrogen and oxygen atoms in total. The Kier molecular flexibility index (Phi) is 4.88. The number of aryl methyl sites for hydroxylation is 1. The van der Waals surface area contributed by atoms with E-state index in [0.717, 1.165) is 16.5 Å². The van der Waals surface area contributed by atoms with Gasteiger partial charge in [0.2, 0.25) is 5.89 Å². The summed E-state index contributed by atoms with van der Waals surface area (Å²) in [5, 5.41) is 9.45. The third-order valence-corrected chi connectivity index (χ3v) is 5.29. The number of para-hydroxylation sites is 1. The standard InChI is InChI=1S/C18H18N6O3S/c1-9-12(15(25)22-17(26)21-9)8-28-18-24-23-16(27-18)13(19)6-10-7-20-14-5-3-2-4-11(10)14/h2-5,7,13,20H,6,8,19H2,1H3,(H2,21,22,25,26)/t13-/m0/s1. The number of fused-ring (bicyclic) bond motifs is 1. The van der Waals surface area contributed by atoms with Crippen molar-refractivity contribution in [1.29, 1.82) is 0 Å². The minimum Gasteiger partial charge on any atom is -0.414 e. The van der Waals surface area contributed by atoms with Gasteiger partial charge < -0.3 is 20.1 Å². The van der Waals surface area contributed by atoms with Crippen molar-refractivity contribution in [2.75, 3.05) is 0 Å². The molecule has 5 N–H and O–H groups in total. The van der Waals surface area contributed by atoms with Crippen LogP contribution in [-0.2, 0) is 12.2 Å². The SMILES string of the molecule is Cc1[nH]c(=O)[nH]c(=O)c1CSc1nnc([C@@H](N)Cc2c[nH]c3ccccc23)o1. The van der Waals surface area contributed by atoms with Crippen LogP contribution in [-0.4, -0.2) is 25.1 Å². The lowest BCUT2D eigenvalue weighted by molar-refractivity contribution is 0.385. The number of nitrogens with two attached hydrogens (primary N) is 1. The molecule has 3 aromatic heterocycles. The van der Waals surface area contributed by atoms with Gasteiger partial charge in [-0.3, -0.25) is 9.78 Å². The summed E-state index contributed by atoms with van der Waals surface area (Å²) >= 11 is 1.21. The van der Waals surface area contributed by atoms with Crippen molar-refractivity contribution in [2.24, 2.45) is 5.73 Å². The quantitative estimate of drug-likeness (QED) is 0.362. The molecular formula is C18H18N6O3S. The van der Waals surface area contributed by atoms with Crippen molar-refractivity contribution in [2.45, 2.75) is 30.4 Å². The van der Waals surface area contributed by atoms with E-state index in [2.05, 4.69) is 25.1 Å². The summed E-state index contributed by atoms with van der Waals surface area (Å²) in [6.07, 6.45) is 2.48. The summed E-state index contributed by atoms with van der Waals surface area (Å²) < 4.78 is 5.65. The van der Waals surface area contributed by atoms with Crippen LogP contribution >= 0.6 is 11.8 Å². The van der Waals surface area contributed by atoms with Crippen LogP contribution in [0.15, 0.2) is 49.7 Å². The molecule has 0 unspecified atom stereocenters. The molecule has 4 rings (SSSR count). The Bertz CT molecular complexity index is 1240. The zero-order chi connectivity index (χ0) is 19.7. The number of benzene rings is 1. The molecule has 0 amide bonds. The summed E-state index contributed by atoms with van der Waals surface area (Å²) in [7, 11) is 0. The highest BCUT2D eigenvalue weighted by molar-refractivity contribution is 7.98. The molecule has 0 saturated carbocycles. The maximum absolute atomic E-state index is 11.9. The van der Waals surface area contributed by atoms with Crippen LogP contribution in [0.3, 0.4) is 0 Å². The molecule has 0 bridgehead atoms. The predicted molar refractivity (Wildman–Crippen MR) is 105 cm³/mol. The highest BCUT2D eigenvalue weighted by Gasteiger charge is 2.18. The first-order chi connectivity index (χ1) is 13.5. The van der Waals surface area contributed by atoms with Crippen LogP contribution < -0.4 is 17.0 Å². The summed E-state index contributed by atoms with van der Waals surface area (Å²) in [4.78, 5) is 31.1. The number of nitrogens with zero attached hydrogens (tertiary/aromatic N) is 2. The Morgan fingerprint density at radius 1 is 1.21 bits per heavy atom. The fourth-order valence-corrected chi connectivity index (χ4v) is 3.85. The molecule has 144 valence electrons. The minimum atomic E-state index is -0.528. The van der Waals surface area contributed by atoms with E-state index >= 15 is 0 Å². The van der Waals surface area contributed by atoms with Gasteiger partial charge in [-0.15, -0.1) is 10.2 Å². The molecule has 3 heterocycles. The first-order valence-corrected chi connectivity index (χ1v) is 9.58. The van der Waals surface area contributed by atoms with Crippen molar-refractivity contribution < 1.29 is 4.42 Å². The van der Waals surface area contributed by atoms with Crippen LogP contribution in [0.5, 0.6) is 0 Å². The smallest absolute Gasteiger partial charge is 0.325 e. The van der Waals surface area contributed by atoms with Gasteiger partial charge in [-0.2, -0.15) is 0 Å².